The van der Waals surface area contributed by atoms with Gasteiger partial charge < -0.3 is 0 Å². The van der Waals surface area contributed by atoms with E-state index in [0.717, 1.165) is 10.0 Å². The lowest BCUT2D eigenvalue weighted by Gasteiger charge is -2.07. The minimum Gasteiger partial charge on any atom is -0.289 e. The summed E-state index contributed by atoms with van der Waals surface area (Å²) >= 11 is 9.46. The molecular formula is C14H10BrClO. The third-order valence-corrected chi connectivity index (χ3v) is 3.94. The molecule has 0 atom stereocenters. The summed E-state index contributed by atoms with van der Waals surface area (Å²) in [5, 5.41) is 0.478. The Morgan fingerprint density at radius 3 is 2.41 bits per heavy atom. The number of carbonyl (C=O) groups excluding carboxylic acids is 1. The molecule has 17 heavy (non-hydrogen) atoms. The van der Waals surface area contributed by atoms with Gasteiger partial charge in [-0.3, -0.25) is 4.79 Å². The van der Waals surface area contributed by atoms with Crippen LogP contribution in [0.1, 0.15) is 21.5 Å². The Kier molecular flexibility index (Phi) is 3.65. The molecule has 3 heteroatoms. The summed E-state index contributed by atoms with van der Waals surface area (Å²) in [5.41, 5.74) is 2.20. The van der Waals surface area contributed by atoms with Crippen molar-refractivity contribution in [2.45, 2.75) is 6.92 Å². The second-order valence-electron chi connectivity index (χ2n) is 3.75. The first-order chi connectivity index (χ1) is 8.11. The average Bonchev–Trinajstić information content (AvgIpc) is 2.32. The quantitative estimate of drug-likeness (QED) is 0.738. The van der Waals surface area contributed by atoms with E-state index >= 15 is 0 Å². The van der Waals surface area contributed by atoms with Crippen molar-refractivity contribution in [3.05, 3.63) is 68.7 Å². The molecule has 0 heterocycles. The monoisotopic (exact) mass is 308 g/mol. The Morgan fingerprint density at radius 2 is 1.71 bits per heavy atom. The van der Waals surface area contributed by atoms with E-state index < -0.39 is 0 Å². The average molecular weight is 310 g/mol. The van der Waals surface area contributed by atoms with Gasteiger partial charge in [0.1, 0.15) is 0 Å². The number of carbonyl (C=O) groups is 1. The highest BCUT2D eigenvalue weighted by molar-refractivity contribution is 9.10. The van der Waals surface area contributed by atoms with Crippen LogP contribution in [-0.4, -0.2) is 5.78 Å². The van der Waals surface area contributed by atoms with E-state index in [4.69, 9.17) is 11.6 Å². The largest absolute Gasteiger partial charge is 0.289 e. The molecule has 0 aliphatic carbocycles. The summed E-state index contributed by atoms with van der Waals surface area (Å²) in [5.74, 6) is -0.0637. The third kappa shape index (κ3) is 2.43. The van der Waals surface area contributed by atoms with Gasteiger partial charge >= 0.3 is 0 Å². The molecule has 0 unspecified atom stereocenters. The Labute approximate surface area is 114 Å². The second-order valence-corrected chi connectivity index (χ2v) is 4.95. The van der Waals surface area contributed by atoms with Crippen molar-refractivity contribution in [3.8, 4) is 0 Å². The number of benzene rings is 2. The predicted molar refractivity (Wildman–Crippen MR) is 73.8 cm³/mol. The van der Waals surface area contributed by atoms with Gasteiger partial charge in [-0.25, -0.2) is 0 Å². The molecule has 1 nitrogen and oxygen atoms in total. The molecule has 0 bridgehead atoms. The lowest BCUT2D eigenvalue weighted by atomic mass is 10.0. The fourth-order valence-electron chi connectivity index (χ4n) is 1.61. The normalized spacial score (nSPS) is 10.3. The van der Waals surface area contributed by atoms with Gasteiger partial charge in [0.05, 0.1) is 5.02 Å². The van der Waals surface area contributed by atoms with E-state index in [1.807, 2.05) is 31.2 Å². The van der Waals surface area contributed by atoms with Gasteiger partial charge in [-0.05, 0) is 46.6 Å². The van der Waals surface area contributed by atoms with Crippen molar-refractivity contribution in [1.29, 1.82) is 0 Å². The molecule has 0 amide bonds. The Balaban J connectivity index is 2.52. The van der Waals surface area contributed by atoms with Crippen LogP contribution in [0, 0.1) is 6.92 Å². The molecule has 2 aromatic carbocycles. The van der Waals surface area contributed by atoms with Crippen LogP contribution in [-0.2, 0) is 0 Å². The van der Waals surface area contributed by atoms with Gasteiger partial charge in [0, 0.05) is 15.6 Å². The van der Waals surface area contributed by atoms with Gasteiger partial charge in [0.15, 0.2) is 5.78 Å². The SMILES string of the molecule is Cc1cccc(C(=O)c2ccccc2Cl)c1Br. The van der Waals surface area contributed by atoms with Crippen LogP contribution in [0.15, 0.2) is 46.9 Å². The van der Waals surface area contributed by atoms with E-state index in [1.54, 1.807) is 18.2 Å². The highest BCUT2D eigenvalue weighted by Crippen LogP contribution is 2.26. The van der Waals surface area contributed by atoms with Crippen LogP contribution in [0.3, 0.4) is 0 Å². The minimum absolute atomic E-state index is 0.0637. The molecule has 0 N–H and O–H groups in total. The smallest absolute Gasteiger partial charge is 0.195 e. The summed E-state index contributed by atoms with van der Waals surface area (Å²) < 4.78 is 0.824. The van der Waals surface area contributed by atoms with Crippen LogP contribution in [0.5, 0.6) is 0 Å². The second kappa shape index (κ2) is 5.03. The lowest BCUT2D eigenvalue weighted by molar-refractivity contribution is 0.103. The van der Waals surface area contributed by atoms with E-state index in [2.05, 4.69) is 15.9 Å². The van der Waals surface area contributed by atoms with Gasteiger partial charge in [0.25, 0.3) is 0 Å². The van der Waals surface area contributed by atoms with E-state index in [9.17, 15) is 4.79 Å². The molecule has 0 aliphatic heterocycles. The first-order valence-corrected chi connectivity index (χ1v) is 6.32. The topological polar surface area (TPSA) is 17.1 Å². The zero-order valence-electron chi connectivity index (χ0n) is 9.21. The van der Waals surface area contributed by atoms with Crippen LogP contribution in [0.4, 0.5) is 0 Å². The van der Waals surface area contributed by atoms with Crippen LogP contribution < -0.4 is 0 Å². The maximum absolute atomic E-state index is 12.3. The summed E-state index contributed by atoms with van der Waals surface area (Å²) in [6.07, 6.45) is 0. The number of rotatable bonds is 2. The summed E-state index contributed by atoms with van der Waals surface area (Å²) in [6, 6.07) is 12.7. The molecule has 86 valence electrons. The first kappa shape index (κ1) is 12.3. The van der Waals surface area contributed by atoms with E-state index in [-0.39, 0.29) is 5.78 Å². The fourth-order valence-corrected chi connectivity index (χ4v) is 2.28. The number of aryl methyl sites for hydroxylation is 1. The van der Waals surface area contributed by atoms with Gasteiger partial charge in [-0.2, -0.15) is 0 Å². The molecule has 2 aromatic rings. The van der Waals surface area contributed by atoms with Crippen molar-refractivity contribution in [2.24, 2.45) is 0 Å². The number of halogens is 2. The molecular weight excluding hydrogens is 300 g/mol. The highest BCUT2D eigenvalue weighted by Gasteiger charge is 2.15. The molecule has 0 aliphatic rings. The van der Waals surface area contributed by atoms with Crippen molar-refractivity contribution < 1.29 is 4.79 Å². The fraction of sp³-hybridized carbons (Fsp3) is 0.0714. The third-order valence-electron chi connectivity index (χ3n) is 2.55. The van der Waals surface area contributed by atoms with Crippen LogP contribution in [0.25, 0.3) is 0 Å². The maximum atomic E-state index is 12.3. The number of hydrogen-bond donors (Lipinski definition) is 0. The zero-order valence-corrected chi connectivity index (χ0v) is 11.5. The first-order valence-electron chi connectivity index (χ1n) is 5.15. The van der Waals surface area contributed by atoms with Crippen molar-refractivity contribution >= 4 is 33.3 Å². The van der Waals surface area contributed by atoms with Gasteiger partial charge in [-0.15, -0.1) is 0 Å². The van der Waals surface area contributed by atoms with Crippen molar-refractivity contribution in [1.82, 2.24) is 0 Å². The van der Waals surface area contributed by atoms with Crippen LogP contribution >= 0.6 is 27.5 Å². The van der Waals surface area contributed by atoms with E-state index in [0.29, 0.717) is 16.1 Å². The molecule has 0 aromatic heterocycles. The van der Waals surface area contributed by atoms with Crippen molar-refractivity contribution in [3.63, 3.8) is 0 Å². The van der Waals surface area contributed by atoms with E-state index in [1.165, 1.54) is 0 Å². The molecule has 0 fully saturated rings. The van der Waals surface area contributed by atoms with Gasteiger partial charge in [0.2, 0.25) is 0 Å². The molecule has 0 radical (unpaired) electrons. The molecule has 0 saturated heterocycles. The molecule has 2 rings (SSSR count). The highest BCUT2D eigenvalue weighted by atomic mass is 79.9. The number of ketones is 1. The predicted octanol–water partition coefficient (Wildman–Crippen LogP) is 4.64. The zero-order chi connectivity index (χ0) is 12.4. The van der Waals surface area contributed by atoms with Gasteiger partial charge in [-0.1, -0.05) is 35.9 Å². The van der Waals surface area contributed by atoms with Crippen LogP contribution in [0.2, 0.25) is 5.02 Å². The van der Waals surface area contributed by atoms with Crippen molar-refractivity contribution in [2.75, 3.05) is 0 Å². The summed E-state index contributed by atoms with van der Waals surface area (Å²) in [7, 11) is 0. The Bertz CT molecular complexity index is 578. The Hall–Kier alpha value is -1.12. The standard InChI is InChI=1S/C14H10BrClO/c1-9-5-4-7-11(13(9)15)14(17)10-6-2-3-8-12(10)16/h2-8H,1H3. The molecule has 0 saturated carbocycles. The molecule has 0 spiro atoms. The minimum atomic E-state index is -0.0637. The summed E-state index contributed by atoms with van der Waals surface area (Å²) in [4.78, 5) is 12.3. The lowest BCUT2D eigenvalue weighted by Crippen LogP contribution is -2.03. The maximum Gasteiger partial charge on any atom is 0.195 e. The summed E-state index contributed by atoms with van der Waals surface area (Å²) in [6.45, 7) is 1.95. The number of hydrogen-bond acceptors (Lipinski definition) is 1. The Morgan fingerprint density at radius 1 is 1.06 bits per heavy atom.